The van der Waals surface area contributed by atoms with Gasteiger partial charge in [0, 0.05) is 5.39 Å². The summed E-state index contributed by atoms with van der Waals surface area (Å²) in [5.41, 5.74) is -1.09. The van der Waals surface area contributed by atoms with Gasteiger partial charge >= 0.3 is 5.97 Å². The van der Waals surface area contributed by atoms with Crippen molar-refractivity contribution in [3.8, 4) is 5.75 Å². The molecule has 0 unspecified atom stereocenters. The first-order valence-corrected chi connectivity index (χ1v) is 8.17. The third kappa shape index (κ3) is 4.18. The molecule has 0 aliphatic rings. The van der Waals surface area contributed by atoms with Gasteiger partial charge in [0.05, 0.1) is 23.5 Å². The van der Waals surface area contributed by atoms with Gasteiger partial charge in [0.25, 0.3) is 17.2 Å². The maximum atomic E-state index is 12.3. The van der Waals surface area contributed by atoms with E-state index in [9.17, 15) is 24.5 Å². The Hall–Kier alpha value is -4.28. The van der Waals surface area contributed by atoms with Gasteiger partial charge in [0.1, 0.15) is 11.4 Å². The summed E-state index contributed by atoms with van der Waals surface area (Å²) in [6.45, 7) is -0.711. The molecule has 3 aromatic rings. The fraction of sp³-hybridized carbons (Fsp3) is 0.111. The zero-order valence-corrected chi connectivity index (χ0v) is 15.0. The Balaban J connectivity index is 1.72. The van der Waals surface area contributed by atoms with Crippen molar-refractivity contribution < 1.29 is 24.0 Å². The third-order valence-electron chi connectivity index (χ3n) is 3.90. The van der Waals surface area contributed by atoms with Crippen LogP contribution in [0.5, 0.6) is 5.75 Å². The molecular formula is C18H14N4O7. The van der Waals surface area contributed by atoms with Gasteiger partial charge in [-0.05, 0) is 18.2 Å². The first kappa shape index (κ1) is 19.5. The standard InChI is InChI=1S/C18H14N4O7/c1-28-10-6-7-13(14(8-10)22(26)27)19-15(23)9-29-18(25)16-11-4-2-3-5-12(11)17(24)21-20-16/h2-8H,9H2,1H3,(H,19,23)(H,21,24). The highest BCUT2D eigenvalue weighted by molar-refractivity contribution is 6.03. The molecule has 1 aromatic heterocycles. The maximum absolute atomic E-state index is 12.3. The van der Waals surface area contributed by atoms with Crippen LogP contribution in [0.15, 0.2) is 47.3 Å². The fourth-order valence-electron chi connectivity index (χ4n) is 2.55. The number of carbonyl (C=O) groups excluding carboxylic acids is 2. The Labute approximate surface area is 162 Å². The number of nitro groups is 1. The lowest BCUT2D eigenvalue weighted by Crippen LogP contribution is -2.23. The molecule has 1 heterocycles. The molecule has 0 saturated carbocycles. The van der Waals surface area contributed by atoms with Gasteiger partial charge in [-0.25, -0.2) is 9.89 Å². The van der Waals surface area contributed by atoms with E-state index < -0.39 is 29.0 Å². The summed E-state index contributed by atoms with van der Waals surface area (Å²) in [5.74, 6) is -1.48. The second-order valence-electron chi connectivity index (χ2n) is 5.71. The molecule has 0 aliphatic heterocycles. The molecule has 0 aliphatic carbocycles. The molecule has 0 atom stereocenters. The Morgan fingerprint density at radius 1 is 1.21 bits per heavy atom. The number of nitrogens with zero attached hydrogens (tertiary/aromatic N) is 2. The van der Waals surface area contributed by atoms with Gasteiger partial charge in [-0.1, -0.05) is 18.2 Å². The Morgan fingerprint density at radius 3 is 2.62 bits per heavy atom. The van der Waals surface area contributed by atoms with Crippen LogP contribution in [0.3, 0.4) is 0 Å². The summed E-state index contributed by atoms with van der Waals surface area (Å²) < 4.78 is 9.84. The van der Waals surface area contributed by atoms with E-state index in [4.69, 9.17) is 9.47 Å². The summed E-state index contributed by atoms with van der Waals surface area (Å²) >= 11 is 0. The van der Waals surface area contributed by atoms with Crippen molar-refractivity contribution >= 4 is 34.0 Å². The summed E-state index contributed by atoms with van der Waals surface area (Å²) in [7, 11) is 1.35. The number of methoxy groups -OCH3 is 1. The number of hydrogen-bond acceptors (Lipinski definition) is 8. The molecule has 148 valence electrons. The number of amides is 1. The highest BCUT2D eigenvalue weighted by Gasteiger charge is 2.20. The van der Waals surface area contributed by atoms with Crippen LogP contribution < -0.4 is 15.6 Å². The number of anilines is 1. The lowest BCUT2D eigenvalue weighted by atomic mass is 10.1. The molecule has 0 saturated heterocycles. The van der Waals surface area contributed by atoms with E-state index in [2.05, 4.69) is 15.5 Å². The summed E-state index contributed by atoms with van der Waals surface area (Å²) in [6.07, 6.45) is 0. The van der Waals surface area contributed by atoms with E-state index >= 15 is 0 Å². The number of nitrogens with one attached hydrogen (secondary N) is 2. The minimum absolute atomic E-state index is 0.0792. The van der Waals surface area contributed by atoms with Crippen molar-refractivity contribution in [3.63, 3.8) is 0 Å². The second-order valence-corrected chi connectivity index (χ2v) is 5.71. The van der Waals surface area contributed by atoms with Crippen molar-refractivity contribution in [2.24, 2.45) is 0 Å². The smallest absolute Gasteiger partial charge is 0.359 e. The van der Waals surface area contributed by atoms with Crippen LogP contribution >= 0.6 is 0 Å². The monoisotopic (exact) mass is 398 g/mol. The van der Waals surface area contributed by atoms with Gasteiger partial charge in [0.15, 0.2) is 12.3 Å². The Kier molecular flexibility index (Phi) is 5.49. The minimum Gasteiger partial charge on any atom is -0.496 e. The number of rotatable bonds is 6. The maximum Gasteiger partial charge on any atom is 0.359 e. The lowest BCUT2D eigenvalue weighted by Gasteiger charge is -2.08. The van der Waals surface area contributed by atoms with Crippen LogP contribution in [0, 0.1) is 10.1 Å². The van der Waals surface area contributed by atoms with Crippen LogP contribution in [-0.4, -0.2) is 40.7 Å². The number of hydrogen-bond donors (Lipinski definition) is 2. The lowest BCUT2D eigenvalue weighted by molar-refractivity contribution is -0.384. The predicted octanol–water partition coefficient (Wildman–Crippen LogP) is 1.64. The van der Waals surface area contributed by atoms with Crippen molar-refractivity contribution in [1.82, 2.24) is 10.2 Å². The van der Waals surface area contributed by atoms with Gasteiger partial charge in [-0.3, -0.25) is 19.7 Å². The number of H-pyrrole nitrogens is 1. The van der Waals surface area contributed by atoms with Gasteiger partial charge in [-0.2, -0.15) is 5.10 Å². The van der Waals surface area contributed by atoms with E-state index in [0.29, 0.717) is 0 Å². The molecule has 0 radical (unpaired) electrons. The molecule has 29 heavy (non-hydrogen) atoms. The van der Waals surface area contributed by atoms with E-state index in [-0.39, 0.29) is 33.6 Å². The molecule has 1 amide bonds. The first-order chi connectivity index (χ1) is 13.9. The number of nitro benzene ring substituents is 1. The van der Waals surface area contributed by atoms with Crippen molar-refractivity contribution in [2.45, 2.75) is 0 Å². The molecular weight excluding hydrogens is 384 g/mol. The number of carbonyl (C=O) groups is 2. The highest BCUT2D eigenvalue weighted by atomic mass is 16.6. The van der Waals surface area contributed by atoms with Crippen LogP contribution in [0.4, 0.5) is 11.4 Å². The molecule has 0 bridgehead atoms. The Morgan fingerprint density at radius 2 is 1.93 bits per heavy atom. The fourth-order valence-corrected chi connectivity index (χ4v) is 2.55. The Bertz CT molecular complexity index is 1170. The van der Waals surface area contributed by atoms with Gasteiger partial charge in [-0.15, -0.1) is 0 Å². The first-order valence-electron chi connectivity index (χ1n) is 8.17. The number of aromatic nitrogens is 2. The van der Waals surface area contributed by atoms with Crippen LogP contribution in [-0.2, 0) is 9.53 Å². The normalized spacial score (nSPS) is 10.4. The topological polar surface area (TPSA) is 154 Å². The molecule has 0 spiro atoms. The number of benzene rings is 2. The second kappa shape index (κ2) is 8.17. The van der Waals surface area contributed by atoms with Crippen molar-refractivity contribution in [3.05, 3.63) is 68.6 Å². The largest absolute Gasteiger partial charge is 0.496 e. The zero-order valence-electron chi connectivity index (χ0n) is 15.0. The SMILES string of the molecule is COc1ccc(NC(=O)COC(=O)c2n[nH]c(=O)c3ccccc23)c([N+](=O)[O-])c1. The summed E-state index contributed by atoms with van der Waals surface area (Å²) in [5, 5.41) is 19.8. The molecule has 2 aromatic carbocycles. The summed E-state index contributed by atoms with van der Waals surface area (Å²) in [6, 6.07) is 10.2. The molecule has 0 fully saturated rings. The van der Waals surface area contributed by atoms with E-state index in [0.717, 1.165) is 6.07 Å². The average Bonchev–Trinajstić information content (AvgIpc) is 2.72. The van der Waals surface area contributed by atoms with E-state index in [1.54, 1.807) is 12.1 Å². The van der Waals surface area contributed by atoms with Crippen LogP contribution in [0.1, 0.15) is 10.5 Å². The summed E-state index contributed by atoms with van der Waals surface area (Å²) in [4.78, 5) is 46.6. The van der Waals surface area contributed by atoms with Crippen LogP contribution in [0.25, 0.3) is 10.8 Å². The predicted molar refractivity (Wildman–Crippen MR) is 101 cm³/mol. The molecule has 11 heteroatoms. The molecule has 2 N–H and O–H groups in total. The minimum atomic E-state index is -0.933. The van der Waals surface area contributed by atoms with Crippen molar-refractivity contribution in [2.75, 3.05) is 19.0 Å². The van der Waals surface area contributed by atoms with Gasteiger partial charge < -0.3 is 14.8 Å². The highest BCUT2D eigenvalue weighted by Crippen LogP contribution is 2.28. The number of fused-ring (bicyclic) bond motifs is 1. The van der Waals surface area contributed by atoms with Crippen LogP contribution in [0.2, 0.25) is 0 Å². The number of aromatic amines is 1. The number of ether oxygens (including phenoxy) is 2. The van der Waals surface area contributed by atoms with E-state index in [1.807, 2.05) is 0 Å². The van der Waals surface area contributed by atoms with Crippen molar-refractivity contribution in [1.29, 1.82) is 0 Å². The quantitative estimate of drug-likeness (QED) is 0.361. The third-order valence-corrected chi connectivity index (χ3v) is 3.90. The zero-order chi connectivity index (χ0) is 21.0. The molecule has 11 nitrogen and oxygen atoms in total. The van der Waals surface area contributed by atoms with E-state index in [1.165, 1.54) is 31.4 Å². The average molecular weight is 398 g/mol. The van der Waals surface area contributed by atoms with Gasteiger partial charge in [0.2, 0.25) is 0 Å². The number of esters is 1. The molecule has 3 rings (SSSR count).